The number of thioether (sulfide) groups is 1. The lowest BCUT2D eigenvalue weighted by molar-refractivity contribution is 0.318. The highest BCUT2D eigenvalue weighted by atomic mass is 32.2. The van der Waals surface area contributed by atoms with Crippen LogP contribution < -0.4 is 9.47 Å². The second-order valence-electron chi connectivity index (χ2n) is 6.67. The second-order valence-corrected chi connectivity index (χ2v) is 7.74. The van der Waals surface area contributed by atoms with E-state index in [1.807, 2.05) is 73.7 Å². The summed E-state index contributed by atoms with van der Waals surface area (Å²) in [5, 5.41) is 9.75. The lowest BCUT2D eigenvalue weighted by Gasteiger charge is -2.11. The largest absolute Gasteiger partial charge is 0.494 e. The third-order valence-corrected chi connectivity index (χ3v) is 5.51. The van der Waals surface area contributed by atoms with E-state index < -0.39 is 0 Å². The zero-order chi connectivity index (χ0) is 21.3. The molecular weight excluding hydrogens is 408 g/mol. The Balaban J connectivity index is 1.49. The van der Waals surface area contributed by atoms with Crippen LogP contribution >= 0.6 is 11.8 Å². The van der Waals surface area contributed by atoms with Crippen LogP contribution in [0.1, 0.15) is 13.3 Å². The number of pyridine rings is 1. The van der Waals surface area contributed by atoms with Crippen molar-refractivity contribution in [3.63, 3.8) is 0 Å². The van der Waals surface area contributed by atoms with Crippen molar-refractivity contribution < 1.29 is 9.47 Å². The minimum absolute atomic E-state index is 0.638. The number of hydrogen-bond donors (Lipinski definition) is 0. The fourth-order valence-corrected chi connectivity index (χ4v) is 3.93. The molecular formula is C24H24N4O2S. The van der Waals surface area contributed by atoms with Crippen LogP contribution in [0.3, 0.4) is 0 Å². The summed E-state index contributed by atoms with van der Waals surface area (Å²) in [6, 6.07) is 21.7. The van der Waals surface area contributed by atoms with Crippen LogP contribution in [0.2, 0.25) is 0 Å². The molecule has 0 aliphatic heterocycles. The van der Waals surface area contributed by atoms with Gasteiger partial charge in [-0.3, -0.25) is 9.55 Å². The van der Waals surface area contributed by atoms with Crippen LogP contribution in [0.25, 0.3) is 17.1 Å². The zero-order valence-corrected chi connectivity index (χ0v) is 18.2. The summed E-state index contributed by atoms with van der Waals surface area (Å²) in [4.78, 5) is 4.23. The van der Waals surface area contributed by atoms with E-state index in [-0.39, 0.29) is 0 Å². The summed E-state index contributed by atoms with van der Waals surface area (Å²) < 4.78 is 13.4. The summed E-state index contributed by atoms with van der Waals surface area (Å²) >= 11 is 1.66. The van der Waals surface area contributed by atoms with E-state index in [9.17, 15) is 0 Å². The predicted octanol–water partition coefficient (Wildman–Crippen LogP) is 5.29. The van der Waals surface area contributed by atoms with Gasteiger partial charge in [0.1, 0.15) is 11.5 Å². The molecule has 2 aromatic carbocycles. The van der Waals surface area contributed by atoms with Crippen LogP contribution in [0.5, 0.6) is 11.5 Å². The van der Waals surface area contributed by atoms with Gasteiger partial charge in [0.2, 0.25) is 0 Å². The highest BCUT2D eigenvalue weighted by Gasteiger charge is 2.16. The molecule has 4 aromatic rings. The van der Waals surface area contributed by atoms with Gasteiger partial charge in [0.25, 0.3) is 0 Å². The fraction of sp³-hybridized carbons (Fsp3) is 0.208. The van der Waals surface area contributed by atoms with Gasteiger partial charge in [0, 0.05) is 29.4 Å². The molecule has 2 heterocycles. The van der Waals surface area contributed by atoms with Crippen molar-refractivity contribution in [3.05, 3.63) is 79.1 Å². The molecule has 31 heavy (non-hydrogen) atoms. The van der Waals surface area contributed by atoms with E-state index in [0.29, 0.717) is 13.2 Å². The number of ether oxygens (including phenoxy) is 2. The summed E-state index contributed by atoms with van der Waals surface area (Å²) in [5.74, 6) is 3.37. The van der Waals surface area contributed by atoms with Gasteiger partial charge in [-0.15, -0.1) is 10.2 Å². The fourth-order valence-electron chi connectivity index (χ4n) is 3.07. The Morgan fingerprint density at radius 2 is 1.68 bits per heavy atom. The van der Waals surface area contributed by atoms with E-state index in [1.54, 1.807) is 24.2 Å². The van der Waals surface area contributed by atoms with Crippen LogP contribution in [0.4, 0.5) is 0 Å². The average molecular weight is 433 g/mol. The second kappa shape index (κ2) is 10.6. The van der Waals surface area contributed by atoms with Gasteiger partial charge < -0.3 is 9.47 Å². The van der Waals surface area contributed by atoms with Gasteiger partial charge in [0.15, 0.2) is 11.0 Å². The van der Waals surface area contributed by atoms with Crippen molar-refractivity contribution in [2.24, 2.45) is 0 Å². The van der Waals surface area contributed by atoms with Crippen LogP contribution in [-0.2, 0) is 0 Å². The molecule has 158 valence electrons. The molecule has 0 atom stereocenters. The van der Waals surface area contributed by atoms with Gasteiger partial charge in [-0.05, 0) is 61.9 Å². The molecule has 4 rings (SSSR count). The van der Waals surface area contributed by atoms with E-state index in [4.69, 9.17) is 9.47 Å². The first-order valence-corrected chi connectivity index (χ1v) is 11.2. The Kier molecular flexibility index (Phi) is 7.18. The maximum absolute atomic E-state index is 5.79. The molecule has 0 unspecified atom stereocenters. The number of benzene rings is 2. The van der Waals surface area contributed by atoms with Crippen molar-refractivity contribution in [2.45, 2.75) is 18.5 Å². The quantitative estimate of drug-likeness (QED) is 0.251. The SMILES string of the molecule is CCOc1ccc(-n2c(SCCCOc3ccccc3)nnc2-c2cccnc2)cc1. The highest BCUT2D eigenvalue weighted by Crippen LogP contribution is 2.29. The molecule has 0 bridgehead atoms. The van der Waals surface area contributed by atoms with Crippen molar-refractivity contribution in [3.8, 4) is 28.6 Å². The first-order chi connectivity index (χ1) is 15.3. The first-order valence-electron chi connectivity index (χ1n) is 10.2. The van der Waals surface area contributed by atoms with Gasteiger partial charge in [-0.2, -0.15) is 0 Å². The minimum Gasteiger partial charge on any atom is -0.494 e. The molecule has 6 nitrogen and oxygen atoms in total. The van der Waals surface area contributed by atoms with Crippen molar-refractivity contribution >= 4 is 11.8 Å². The summed E-state index contributed by atoms with van der Waals surface area (Å²) in [6.45, 7) is 3.27. The molecule has 0 aliphatic carbocycles. The molecule has 0 fully saturated rings. The van der Waals surface area contributed by atoms with Crippen LogP contribution in [0, 0.1) is 0 Å². The first kappa shape index (κ1) is 20.9. The predicted molar refractivity (Wildman–Crippen MR) is 123 cm³/mol. The maximum Gasteiger partial charge on any atom is 0.196 e. The van der Waals surface area contributed by atoms with E-state index in [2.05, 4.69) is 19.7 Å². The van der Waals surface area contributed by atoms with Crippen LogP contribution in [-0.4, -0.2) is 38.7 Å². The molecule has 7 heteroatoms. The maximum atomic E-state index is 5.79. The normalized spacial score (nSPS) is 10.7. The minimum atomic E-state index is 0.638. The van der Waals surface area contributed by atoms with Crippen molar-refractivity contribution in [1.29, 1.82) is 0 Å². The molecule has 0 N–H and O–H groups in total. The number of aromatic nitrogens is 4. The van der Waals surface area contributed by atoms with Gasteiger partial charge >= 0.3 is 0 Å². The van der Waals surface area contributed by atoms with E-state index in [0.717, 1.165) is 45.9 Å². The third-order valence-electron chi connectivity index (χ3n) is 4.49. The molecule has 0 spiro atoms. The molecule has 0 aliphatic rings. The third kappa shape index (κ3) is 5.44. The summed E-state index contributed by atoms with van der Waals surface area (Å²) in [5.41, 5.74) is 1.90. The Morgan fingerprint density at radius 1 is 0.871 bits per heavy atom. The van der Waals surface area contributed by atoms with Crippen LogP contribution in [0.15, 0.2) is 84.3 Å². The Hall–Kier alpha value is -3.32. The summed E-state index contributed by atoms with van der Waals surface area (Å²) in [7, 11) is 0. The smallest absolute Gasteiger partial charge is 0.196 e. The van der Waals surface area contributed by atoms with Gasteiger partial charge in [0.05, 0.1) is 13.2 Å². The number of hydrogen-bond acceptors (Lipinski definition) is 6. The van der Waals surface area contributed by atoms with Crippen molar-refractivity contribution in [1.82, 2.24) is 19.7 Å². The Morgan fingerprint density at radius 3 is 2.42 bits per heavy atom. The number of para-hydroxylation sites is 1. The Labute approximate surface area is 186 Å². The van der Waals surface area contributed by atoms with Gasteiger partial charge in [-0.1, -0.05) is 30.0 Å². The molecule has 0 saturated carbocycles. The average Bonchev–Trinajstić information content (AvgIpc) is 3.25. The van der Waals surface area contributed by atoms with Gasteiger partial charge in [-0.25, -0.2) is 0 Å². The van der Waals surface area contributed by atoms with E-state index in [1.165, 1.54) is 0 Å². The standard InChI is InChI=1S/C24H24N4O2S/c1-2-29-22-13-11-20(12-14-22)28-23(19-8-6-15-25-18-19)26-27-24(28)31-17-7-16-30-21-9-4-3-5-10-21/h3-6,8-15,18H,2,7,16-17H2,1H3. The number of rotatable bonds is 10. The molecule has 0 amide bonds. The molecule has 2 aromatic heterocycles. The van der Waals surface area contributed by atoms with Crippen molar-refractivity contribution in [2.75, 3.05) is 19.0 Å². The number of nitrogens with zero attached hydrogens (tertiary/aromatic N) is 4. The van der Waals surface area contributed by atoms with E-state index >= 15 is 0 Å². The Bertz CT molecular complexity index is 1070. The zero-order valence-electron chi connectivity index (χ0n) is 17.3. The monoisotopic (exact) mass is 432 g/mol. The highest BCUT2D eigenvalue weighted by molar-refractivity contribution is 7.99. The molecule has 0 saturated heterocycles. The molecule has 0 radical (unpaired) electrons. The lowest BCUT2D eigenvalue weighted by atomic mass is 10.2. The summed E-state index contributed by atoms with van der Waals surface area (Å²) in [6.07, 6.45) is 4.46. The topological polar surface area (TPSA) is 62.1 Å². The lowest BCUT2D eigenvalue weighted by Crippen LogP contribution is -2.02.